The van der Waals surface area contributed by atoms with Crippen molar-refractivity contribution in [2.45, 2.75) is 32.3 Å². The molecule has 14 heavy (non-hydrogen) atoms. The van der Waals surface area contributed by atoms with Gasteiger partial charge in [-0.3, -0.25) is 4.68 Å². The maximum absolute atomic E-state index is 5.66. The third kappa shape index (κ3) is 2.34. The summed E-state index contributed by atoms with van der Waals surface area (Å²) in [7, 11) is 0. The third-order valence-electron chi connectivity index (χ3n) is 2.06. The molecule has 1 atom stereocenters. The number of ether oxygens (including phenoxy) is 2. The van der Waals surface area contributed by atoms with Gasteiger partial charge >= 0.3 is 0 Å². The van der Waals surface area contributed by atoms with Crippen LogP contribution in [0.5, 0.6) is 0 Å². The molecule has 1 fully saturated rings. The minimum Gasteiger partial charge on any atom is -0.348 e. The van der Waals surface area contributed by atoms with Crippen molar-refractivity contribution >= 4 is 15.9 Å². The molecule has 0 aromatic carbocycles. The number of nitrogens with zero attached hydrogens (tertiary/aromatic N) is 2. The quantitative estimate of drug-likeness (QED) is 0.814. The first-order chi connectivity index (χ1) is 6.55. The molecule has 0 aliphatic carbocycles. The second kappa shape index (κ2) is 3.64. The van der Waals surface area contributed by atoms with Crippen molar-refractivity contribution in [3.63, 3.8) is 0 Å². The maximum atomic E-state index is 5.66. The smallest absolute Gasteiger partial charge is 0.163 e. The normalized spacial score (nSPS) is 25.5. The SMILES string of the molecule is CC1(C)OCC(Cn2cc(Br)cn2)O1. The van der Waals surface area contributed by atoms with Gasteiger partial charge in [-0.1, -0.05) is 0 Å². The number of aromatic nitrogens is 2. The summed E-state index contributed by atoms with van der Waals surface area (Å²) in [6.07, 6.45) is 3.78. The topological polar surface area (TPSA) is 36.3 Å². The molecule has 0 saturated carbocycles. The molecule has 1 aromatic heterocycles. The van der Waals surface area contributed by atoms with Gasteiger partial charge in [0.05, 0.1) is 23.8 Å². The summed E-state index contributed by atoms with van der Waals surface area (Å²) in [6, 6.07) is 0. The fourth-order valence-electron chi connectivity index (χ4n) is 1.50. The molecule has 78 valence electrons. The summed E-state index contributed by atoms with van der Waals surface area (Å²) in [6.45, 7) is 5.21. The lowest BCUT2D eigenvalue weighted by molar-refractivity contribution is -0.139. The van der Waals surface area contributed by atoms with E-state index in [0.29, 0.717) is 6.61 Å². The summed E-state index contributed by atoms with van der Waals surface area (Å²) in [4.78, 5) is 0. The van der Waals surface area contributed by atoms with E-state index in [4.69, 9.17) is 9.47 Å². The summed E-state index contributed by atoms with van der Waals surface area (Å²) in [5.74, 6) is -0.449. The molecule has 0 radical (unpaired) electrons. The van der Waals surface area contributed by atoms with Crippen molar-refractivity contribution in [1.29, 1.82) is 0 Å². The van der Waals surface area contributed by atoms with Crippen LogP contribution in [-0.4, -0.2) is 28.3 Å². The zero-order valence-electron chi connectivity index (χ0n) is 8.24. The van der Waals surface area contributed by atoms with Crippen LogP contribution in [0.4, 0.5) is 0 Å². The van der Waals surface area contributed by atoms with E-state index < -0.39 is 5.79 Å². The van der Waals surface area contributed by atoms with E-state index in [9.17, 15) is 0 Å². The molecular formula is C9H13BrN2O2. The van der Waals surface area contributed by atoms with Crippen molar-refractivity contribution < 1.29 is 9.47 Å². The summed E-state index contributed by atoms with van der Waals surface area (Å²) in [5.41, 5.74) is 0. The van der Waals surface area contributed by atoms with E-state index in [1.54, 1.807) is 6.20 Å². The predicted molar refractivity (Wildman–Crippen MR) is 54.8 cm³/mol. The number of halogens is 1. The maximum Gasteiger partial charge on any atom is 0.163 e. The lowest BCUT2D eigenvalue weighted by Crippen LogP contribution is -2.24. The van der Waals surface area contributed by atoms with Crippen molar-refractivity contribution in [3.8, 4) is 0 Å². The Morgan fingerprint density at radius 3 is 3.00 bits per heavy atom. The van der Waals surface area contributed by atoms with Gasteiger partial charge < -0.3 is 9.47 Å². The van der Waals surface area contributed by atoms with Crippen LogP contribution in [0, 0.1) is 0 Å². The zero-order chi connectivity index (χ0) is 10.2. The van der Waals surface area contributed by atoms with Crippen LogP contribution >= 0.6 is 15.9 Å². The van der Waals surface area contributed by atoms with Gasteiger partial charge in [0, 0.05) is 6.20 Å². The Labute approximate surface area is 91.3 Å². The molecule has 1 aromatic rings. The van der Waals surface area contributed by atoms with E-state index in [-0.39, 0.29) is 6.10 Å². The van der Waals surface area contributed by atoms with Gasteiger partial charge in [0.25, 0.3) is 0 Å². The Morgan fingerprint density at radius 2 is 2.50 bits per heavy atom. The van der Waals surface area contributed by atoms with Crippen LogP contribution in [0.1, 0.15) is 13.8 Å². The molecule has 1 aliphatic heterocycles. The summed E-state index contributed by atoms with van der Waals surface area (Å²) in [5, 5.41) is 4.16. The number of rotatable bonds is 2. The van der Waals surface area contributed by atoms with E-state index >= 15 is 0 Å². The third-order valence-corrected chi connectivity index (χ3v) is 2.47. The van der Waals surface area contributed by atoms with Crippen molar-refractivity contribution in [2.75, 3.05) is 6.61 Å². The first-order valence-corrected chi connectivity index (χ1v) is 5.34. The first kappa shape index (κ1) is 10.1. The van der Waals surface area contributed by atoms with Crippen molar-refractivity contribution in [1.82, 2.24) is 9.78 Å². The number of hydrogen-bond donors (Lipinski definition) is 0. The van der Waals surface area contributed by atoms with Gasteiger partial charge in [0.2, 0.25) is 0 Å². The van der Waals surface area contributed by atoms with Gasteiger partial charge in [-0.05, 0) is 29.8 Å². The Kier molecular flexibility index (Phi) is 2.64. The van der Waals surface area contributed by atoms with Crippen LogP contribution in [0.15, 0.2) is 16.9 Å². The highest BCUT2D eigenvalue weighted by molar-refractivity contribution is 9.10. The lowest BCUT2D eigenvalue weighted by atomic mass is 10.4. The lowest BCUT2D eigenvalue weighted by Gasteiger charge is -2.16. The fraction of sp³-hybridized carbons (Fsp3) is 0.667. The Balaban J connectivity index is 1.94. The molecule has 4 nitrogen and oxygen atoms in total. The molecule has 1 saturated heterocycles. The van der Waals surface area contributed by atoms with Crippen LogP contribution in [0.2, 0.25) is 0 Å². The number of hydrogen-bond acceptors (Lipinski definition) is 3. The fourth-order valence-corrected chi connectivity index (χ4v) is 1.83. The van der Waals surface area contributed by atoms with Crippen LogP contribution in [-0.2, 0) is 16.0 Å². The predicted octanol–water partition coefficient (Wildman–Crippen LogP) is 1.80. The van der Waals surface area contributed by atoms with Gasteiger partial charge in [0.15, 0.2) is 5.79 Å². The van der Waals surface area contributed by atoms with Crippen LogP contribution in [0.3, 0.4) is 0 Å². The molecule has 5 heteroatoms. The second-order valence-electron chi connectivity index (χ2n) is 3.83. The highest BCUT2D eigenvalue weighted by Crippen LogP contribution is 2.23. The minimum atomic E-state index is -0.449. The molecule has 0 amide bonds. The molecule has 0 spiro atoms. The highest BCUT2D eigenvalue weighted by atomic mass is 79.9. The Morgan fingerprint density at radius 1 is 1.71 bits per heavy atom. The van der Waals surface area contributed by atoms with Gasteiger partial charge in [-0.15, -0.1) is 0 Å². The molecule has 0 N–H and O–H groups in total. The molecule has 1 aliphatic rings. The van der Waals surface area contributed by atoms with E-state index in [1.165, 1.54) is 0 Å². The van der Waals surface area contributed by atoms with E-state index in [1.807, 2.05) is 24.7 Å². The monoisotopic (exact) mass is 260 g/mol. The van der Waals surface area contributed by atoms with Crippen molar-refractivity contribution in [2.24, 2.45) is 0 Å². The summed E-state index contributed by atoms with van der Waals surface area (Å²) < 4.78 is 13.9. The molecule has 2 rings (SSSR count). The average Bonchev–Trinajstić information content (AvgIpc) is 2.59. The van der Waals surface area contributed by atoms with Crippen LogP contribution in [0.25, 0.3) is 0 Å². The molecule has 0 bridgehead atoms. The van der Waals surface area contributed by atoms with E-state index in [2.05, 4.69) is 21.0 Å². The standard InChI is InChI=1S/C9H13BrN2O2/c1-9(2)13-6-8(14-9)5-12-4-7(10)3-11-12/h3-4,8H,5-6H2,1-2H3. The highest BCUT2D eigenvalue weighted by Gasteiger charge is 2.32. The van der Waals surface area contributed by atoms with Gasteiger partial charge in [-0.2, -0.15) is 5.10 Å². The summed E-state index contributed by atoms with van der Waals surface area (Å²) >= 11 is 3.35. The first-order valence-electron chi connectivity index (χ1n) is 4.55. The zero-order valence-corrected chi connectivity index (χ0v) is 9.82. The van der Waals surface area contributed by atoms with Gasteiger partial charge in [0.1, 0.15) is 6.10 Å². The van der Waals surface area contributed by atoms with Gasteiger partial charge in [-0.25, -0.2) is 0 Å². The van der Waals surface area contributed by atoms with Crippen molar-refractivity contribution in [3.05, 3.63) is 16.9 Å². The second-order valence-corrected chi connectivity index (χ2v) is 4.75. The minimum absolute atomic E-state index is 0.0943. The Bertz CT molecular complexity index is 324. The average molecular weight is 261 g/mol. The molecule has 2 heterocycles. The van der Waals surface area contributed by atoms with Crippen LogP contribution < -0.4 is 0 Å². The molecular weight excluding hydrogens is 248 g/mol. The van der Waals surface area contributed by atoms with E-state index in [0.717, 1.165) is 11.0 Å². The molecule has 1 unspecified atom stereocenters. The largest absolute Gasteiger partial charge is 0.348 e. The Hall–Kier alpha value is -0.390.